The summed E-state index contributed by atoms with van der Waals surface area (Å²) in [7, 11) is 1.34. The fraction of sp³-hybridized carbons (Fsp3) is 0.692. The molecule has 0 aliphatic heterocycles. The molecule has 1 fully saturated rings. The number of nitrogens with zero attached hydrogens (tertiary/aromatic N) is 1. The molecule has 0 heterocycles. The molecule has 1 aliphatic rings. The van der Waals surface area contributed by atoms with Crippen molar-refractivity contribution in [1.29, 1.82) is 0 Å². The van der Waals surface area contributed by atoms with Gasteiger partial charge in [0.25, 0.3) is 0 Å². The van der Waals surface area contributed by atoms with Crippen LogP contribution >= 0.6 is 0 Å². The number of ether oxygens (including phenoxy) is 1. The van der Waals surface area contributed by atoms with Gasteiger partial charge in [-0.25, -0.2) is 4.79 Å². The van der Waals surface area contributed by atoms with E-state index in [-0.39, 0.29) is 6.61 Å². The molecule has 0 saturated heterocycles. The van der Waals surface area contributed by atoms with Gasteiger partial charge in [-0.1, -0.05) is 24.2 Å². The summed E-state index contributed by atoms with van der Waals surface area (Å²) < 4.78 is 4.48. The van der Waals surface area contributed by atoms with Gasteiger partial charge in [0.05, 0.1) is 12.8 Å². The van der Waals surface area contributed by atoms with E-state index in [0.717, 1.165) is 37.8 Å². The second-order valence-corrected chi connectivity index (χ2v) is 4.14. The number of rotatable bonds is 6. The summed E-state index contributed by atoms with van der Waals surface area (Å²) in [4.78, 5) is 15.8. The maximum atomic E-state index is 10.9. The average molecular weight is 239 g/mol. The van der Waals surface area contributed by atoms with Crippen LogP contribution in [0.5, 0.6) is 0 Å². The molecule has 0 amide bonds. The molecular weight excluding hydrogens is 218 g/mol. The highest BCUT2D eigenvalue weighted by atomic mass is 16.6. The Hall–Kier alpha value is -1.32. The Balaban J connectivity index is 2.37. The van der Waals surface area contributed by atoms with Crippen molar-refractivity contribution in [2.45, 2.75) is 39.0 Å². The minimum absolute atomic E-state index is 0.0997. The Morgan fingerprint density at radius 2 is 2.35 bits per heavy atom. The van der Waals surface area contributed by atoms with Gasteiger partial charge in [0.2, 0.25) is 6.61 Å². The number of allylic oxidation sites excluding steroid dienone is 2. The molecule has 17 heavy (non-hydrogen) atoms. The molecular formula is C13H21NO3. The van der Waals surface area contributed by atoms with Crippen molar-refractivity contribution in [2.24, 2.45) is 11.1 Å². The fourth-order valence-corrected chi connectivity index (χ4v) is 1.93. The predicted molar refractivity (Wildman–Crippen MR) is 66.8 cm³/mol. The molecule has 4 heteroatoms. The first-order chi connectivity index (χ1) is 8.27. The zero-order chi connectivity index (χ0) is 12.5. The van der Waals surface area contributed by atoms with Crippen molar-refractivity contribution in [2.75, 3.05) is 13.7 Å². The first kappa shape index (κ1) is 13.7. The molecule has 4 nitrogen and oxygen atoms in total. The maximum absolute atomic E-state index is 10.9. The lowest BCUT2D eigenvalue weighted by Gasteiger charge is -2.07. The van der Waals surface area contributed by atoms with E-state index in [2.05, 4.69) is 29.0 Å². The molecule has 1 saturated carbocycles. The van der Waals surface area contributed by atoms with Crippen LogP contribution in [0, 0.1) is 5.92 Å². The number of oxime groups is 1. The number of methoxy groups -OCH3 is 1. The largest absolute Gasteiger partial charge is 0.466 e. The third-order valence-corrected chi connectivity index (χ3v) is 2.87. The lowest BCUT2D eigenvalue weighted by atomic mass is 10.0. The zero-order valence-corrected chi connectivity index (χ0v) is 10.6. The standard InChI is InChI=1S/C13H21NO3/c1-3-4-5-7-11-8-6-9-12(11)14-17-10-13(15)16-2/h4-5,11H,3,6-10H2,1-2H3/b5-4-,14-12+. The number of hydrogen-bond donors (Lipinski definition) is 0. The highest BCUT2D eigenvalue weighted by Crippen LogP contribution is 2.26. The molecule has 96 valence electrons. The molecule has 0 bridgehead atoms. The Kier molecular flexibility index (Phi) is 6.37. The average Bonchev–Trinajstić information content (AvgIpc) is 2.77. The second-order valence-electron chi connectivity index (χ2n) is 4.14. The van der Waals surface area contributed by atoms with Crippen LogP contribution in [0.4, 0.5) is 0 Å². The van der Waals surface area contributed by atoms with Gasteiger partial charge in [-0.2, -0.15) is 0 Å². The van der Waals surface area contributed by atoms with E-state index in [4.69, 9.17) is 4.84 Å². The summed E-state index contributed by atoms with van der Waals surface area (Å²) >= 11 is 0. The van der Waals surface area contributed by atoms with E-state index >= 15 is 0 Å². The number of carbonyl (C=O) groups is 1. The van der Waals surface area contributed by atoms with Crippen molar-refractivity contribution >= 4 is 11.7 Å². The summed E-state index contributed by atoms with van der Waals surface area (Å²) in [6.07, 6.45) is 9.76. The normalized spacial score (nSPS) is 22.2. The molecule has 0 aromatic heterocycles. The second kappa shape index (κ2) is 7.87. The topological polar surface area (TPSA) is 47.9 Å². The van der Waals surface area contributed by atoms with Crippen molar-refractivity contribution in [1.82, 2.24) is 0 Å². The van der Waals surface area contributed by atoms with Crippen LogP contribution in [0.3, 0.4) is 0 Å². The highest BCUT2D eigenvalue weighted by molar-refractivity contribution is 5.88. The molecule has 1 atom stereocenters. The molecule has 0 aromatic rings. The summed E-state index contributed by atoms with van der Waals surface area (Å²) in [5.41, 5.74) is 1.08. The minimum atomic E-state index is -0.394. The van der Waals surface area contributed by atoms with E-state index < -0.39 is 5.97 Å². The molecule has 0 spiro atoms. The molecule has 1 aliphatic carbocycles. The highest BCUT2D eigenvalue weighted by Gasteiger charge is 2.22. The molecule has 1 unspecified atom stereocenters. The zero-order valence-electron chi connectivity index (χ0n) is 10.6. The lowest BCUT2D eigenvalue weighted by Crippen LogP contribution is -2.11. The van der Waals surface area contributed by atoms with E-state index in [1.807, 2.05) is 0 Å². The van der Waals surface area contributed by atoms with E-state index in [9.17, 15) is 4.79 Å². The quantitative estimate of drug-likeness (QED) is 0.407. The van der Waals surface area contributed by atoms with Gasteiger partial charge in [0, 0.05) is 5.92 Å². The van der Waals surface area contributed by atoms with Gasteiger partial charge in [-0.15, -0.1) is 0 Å². The van der Waals surface area contributed by atoms with Crippen LogP contribution in [0.2, 0.25) is 0 Å². The Labute approximate surface area is 103 Å². The fourth-order valence-electron chi connectivity index (χ4n) is 1.93. The van der Waals surface area contributed by atoms with Gasteiger partial charge < -0.3 is 9.57 Å². The van der Waals surface area contributed by atoms with Gasteiger partial charge in [-0.3, -0.25) is 0 Å². The first-order valence-electron chi connectivity index (χ1n) is 6.18. The van der Waals surface area contributed by atoms with Crippen molar-refractivity contribution in [3.05, 3.63) is 12.2 Å². The van der Waals surface area contributed by atoms with Gasteiger partial charge in [-0.05, 0) is 32.1 Å². The molecule has 1 rings (SSSR count). The van der Waals surface area contributed by atoms with Crippen LogP contribution in [0.15, 0.2) is 17.3 Å². The van der Waals surface area contributed by atoms with E-state index in [1.165, 1.54) is 7.11 Å². The van der Waals surface area contributed by atoms with Crippen LogP contribution in [-0.2, 0) is 14.4 Å². The third kappa shape index (κ3) is 5.02. The minimum Gasteiger partial charge on any atom is -0.466 e. The molecule has 0 radical (unpaired) electrons. The number of carbonyl (C=O) groups excluding carboxylic acids is 1. The Morgan fingerprint density at radius 1 is 1.53 bits per heavy atom. The smallest absolute Gasteiger partial charge is 0.346 e. The Bertz CT molecular complexity index is 297. The van der Waals surface area contributed by atoms with Gasteiger partial charge in [0.15, 0.2) is 0 Å². The summed E-state index contributed by atoms with van der Waals surface area (Å²) in [6, 6.07) is 0. The van der Waals surface area contributed by atoms with Crippen molar-refractivity contribution < 1.29 is 14.4 Å². The third-order valence-electron chi connectivity index (χ3n) is 2.87. The van der Waals surface area contributed by atoms with Crippen molar-refractivity contribution in [3.8, 4) is 0 Å². The van der Waals surface area contributed by atoms with E-state index in [1.54, 1.807) is 0 Å². The summed E-state index contributed by atoms with van der Waals surface area (Å²) in [5, 5.41) is 4.05. The van der Waals surface area contributed by atoms with Gasteiger partial charge in [0.1, 0.15) is 0 Å². The monoisotopic (exact) mass is 239 g/mol. The SMILES string of the molecule is CC/C=C\CC1CCC/C1=N\OCC(=O)OC. The molecule has 0 aromatic carbocycles. The first-order valence-corrected chi connectivity index (χ1v) is 6.18. The number of hydrogen-bond acceptors (Lipinski definition) is 4. The van der Waals surface area contributed by atoms with E-state index in [0.29, 0.717) is 5.92 Å². The van der Waals surface area contributed by atoms with Gasteiger partial charge >= 0.3 is 5.97 Å². The predicted octanol–water partition coefficient (Wildman–Crippen LogP) is 2.69. The summed E-state index contributed by atoms with van der Waals surface area (Å²) in [6.45, 7) is 2.02. The molecule has 0 N–H and O–H groups in total. The van der Waals surface area contributed by atoms with Crippen molar-refractivity contribution in [3.63, 3.8) is 0 Å². The summed E-state index contributed by atoms with van der Waals surface area (Å²) in [5.74, 6) is 0.0882. The van der Waals surface area contributed by atoms with Crippen LogP contribution in [0.25, 0.3) is 0 Å². The van der Waals surface area contributed by atoms with Crippen LogP contribution in [0.1, 0.15) is 39.0 Å². The lowest BCUT2D eigenvalue weighted by molar-refractivity contribution is -0.145. The maximum Gasteiger partial charge on any atom is 0.346 e. The number of esters is 1. The van der Waals surface area contributed by atoms with Crippen LogP contribution in [-0.4, -0.2) is 25.4 Å². The Morgan fingerprint density at radius 3 is 3.06 bits per heavy atom. The van der Waals surface area contributed by atoms with Crippen LogP contribution < -0.4 is 0 Å².